The molecule has 1 aliphatic carbocycles. The molecule has 28 heavy (non-hydrogen) atoms. The number of fused-ring (bicyclic) bond motifs is 1. The lowest BCUT2D eigenvalue weighted by molar-refractivity contribution is 0.120. The second-order valence-electron chi connectivity index (χ2n) is 8.22. The highest BCUT2D eigenvalue weighted by Gasteiger charge is 2.28. The van der Waals surface area contributed by atoms with E-state index in [2.05, 4.69) is 32.0 Å². The normalized spacial score (nSPS) is 22.5. The monoisotopic (exact) mass is 382 g/mol. The Balaban J connectivity index is 1.30. The Labute approximate surface area is 169 Å². The van der Waals surface area contributed by atoms with Crippen molar-refractivity contribution >= 4 is 12.2 Å². The lowest BCUT2D eigenvalue weighted by atomic mass is 9.91. The van der Waals surface area contributed by atoms with Crippen LogP contribution in [0.2, 0.25) is 0 Å². The van der Waals surface area contributed by atoms with Gasteiger partial charge in [-0.1, -0.05) is 12.5 Å². The molecule has 0 N–H and O–H groups in total. The van der Waals surface area contributed by atoms with Gasteiger partial charge in [-0.2, -0.15) is 0 Å². The molecule has 0 unspecified atom stereocenters. The average molecular weight is 383 g/mol. The zero-order valence-corrected chi connectivity index (χ0v) is 17.3. The van der Waals surface area contributed by atoms with Crippen molar-refractivity contribution in [1.82, 2.24) is 19.8 Å². The molecule has 3 aliphatic rings. The Kier molecular flexibility index (Phi) is 6.70. The minimum Gasteiger partial charge on any atom is -0.338 e. The van der Waals surface area contributed by atoms with Crippen LogP contribution in [0.15, 0.2) is 23.3 Å². The Morgan fingerprint density at radius 1 is 1.11 bits per heavy atom. The summed E-state index contributed by atoms with van der Waals surface area (Å²) in [6, 6.07) is 0.852. The first-order chi connectivity index (χ1) is 13.8. The minimum atomic E-state index is 0.852. The van der Waals surface area contributed by atoms with E-state index >= 15 is 0 Å². The van der Waals surface area contributed by atoms with E-state index in [0.29, 0.717) is 0 Å². The van der Waals surface area contributed by atoms with E-state index in [1.54, 1.807) is 7.05 Å². The Bertz CT molecular complexity index is 688. The van der Waals surface area contributed by atoms with Crippen LogP contribution in [0.25, 0.3) is 0 Å². The van der Waals surface area contributed by atoms with Gasteiger partial charge in [-0.05, 0) is 37.3 Å². The SMILES string of the molecule is CN=C/C=C\CCN1CCc2cnc(N3CCN(C4CCC4)CC3)nc2CC1. The van der Waals surface area contributed by atoms with Gasteiger partial charge in [0.05, 0.1) is 5.69 Å². The number of rotatable bonds is 6. The molecule has 0 amide bonds. The molecular weight excluding hydrogens is 348 g/mol. The second-order valence-corrected chi connectivity index (χ2v) is 8.22. The number of hydrogen-bond acceptors (Lipinski definition) is 6. The first kappa shape index (κ1) is 19.5. The van der Waals surface area contributed by atoms with Crippen LogP contribution < -0.4 is 4.90 Å². The predicted octanol–water partition coefficient (Wildman–Crippen LogP) is 2.20. The van der Waals surface area contributed by atoms with E-state index in [4.69, 9.17) is 9.97 Å². The van der Waals surface area contributed by atoms with Gasteiger partial charge in [0.2, 0.25) is 5.95 Å². The third-order valence-electron chi connectivity index (χ3n) is 6.48. The number of nitrogens with zero attached hydrogens (tertiary/aromatic N) is 6. The van der Waals surface area contributed by atoms with Crippen molar-refractivity contribution in [1.29, 1.82) is 0 Å². The van der Waals surface area contributed by atoms with Crippen LogP contribution in [0.3, 0.4) is 0 Å². The first-order valence-electron chi connectivity index (χ1n) is 11.0. The van der Waals surface area contributed by atoms with Gasteiger partial charge in [0.25, 0.3) is 0 Å². The molecule has 0 spiro atoms. The Hall–Kier alpha value is -1.79. The fourth-order valence-electron chi connectivity index (χ4n) is 4.43. The van der Waals surface area contributed by atoms with Crippen molar-refractivity contribution in [2.45, 2.75) is 44.6 Å². The van der Waals surface area contributed by atoms with Crippen molar-refractivity contribution in [2.24, 2.45) is 4.99 Å². The highest BCUT2D eigenvalue weighted by molar-refractivity contribution is 5.70. The van der Waals surface area contributed by atoms with Crippen LogP contribution >= 0.6 is 0 Å². The van der Waals surface area contributed by atoms with Crippen LogP contribution in [-0.2, 0) is 12.8 Å². The van der Waals surface area contributed by atoms with Crippen molar-refractivity contribution in [3.63, 3.8) is 0 Å². The maximum atomic E-state index is 4.99. The van der Waals surface area contributed by atoms with Gasteiger partial charge in [0.1, 0.15) is 0 Å². The summed E-state index contributed by atoms with van der Waals surface area (Å²) in [5.41, 5.74) is 2.61. The van der Waals surface area contributed by atoms with Crippen LogP contribution in [-0.4, -0.2) is 84.9 Å². The number of aromatic nitrogens is 2. The van der Waals surface area contributed by atoms with Crippen LogP contribution in [0, 0.1) is 0 Å². The van der Waals surface area contributed by atoms with Gasteiger partial charge in [0.15, 0.2) is 0 Å². The molecule has 0 atom stereocenters. The minimum absolute atomic E-state index is 0.852. The second kappa shape index (κ2) is 9.61. The summed E-state index contributed by atoms with van der Waals surface area (Å²) in [5.74, 6) is 0.947. The lowest BCUT2D eigenvalue weighted by Crippen LogP contribution is -2.52. The molecule has 152 valence electrons. The van der Waals surface area contributed by atoms with Gasteiger partial charge in [-0.25, -0.2) is 9.97 Å². The maximum absolute atomic E-state index is 4.99. The maximum Gasteiger partial charge on any atom is 0.225 e. The summed E-state index contributed by atoms with van der Waals surface area (Å²) in [4.78, 5) is 21.3. The Morgan fingerprint density at radius 3 is 2.68 bits per heavy atom. The average Bonchev–Trinajstić information content (AvgIpc) is 2.89. The quantitative estimate of drug-likeness (QED) is 0.706. The molecule has 0 aromatic carbocycles. The van der Waals surface area contributed by atoms with E-state index in [1.165, 1.54) is 30.5 Å². The van der Waals surface area contributed by atoms with Crippen LogP contribution in [0.1, 0.15) is 36.9 Å². The number of anilines is 1. The summed E-state index contributed by atoms with van der Waals surface area (Å²) in [5, 5.41) is 0. The number of piperazine rings is 1. The molecule has 6 nitrogen and oxygen atoms in total. The zero-order chi connectivity index (χ0) is 19.2. The number of allylic oxidation sites excluding steroid dienone is 1. The third kappa shape index (κ3) is 4.78. The van der Waals surface area contributed by atoms with Crippen molar-refractivity contribution < 1.29 is 0 Å². The molecule has 0 radical (unpaired) electrons. The van der Waals surface area contributed by atoms with Crippen molar-refractivity contribution in [3.05, 3.63) is 29.6 Å². The summed E-state index contributed by atoms with van der Waals surface area (Å²) in [6.07, 6.45) is 15.6. The summed E-state index contributed by atoms with van der Waals surface area (Å²) in [6.45, 7) is 7.75. The Morgan fingerprint density at radius 2 is 1.93 bits per heavy atom. The van der Waals surface area contributed by atoms with E-state index in [0.717, 1.165) is 77.1 Å². The fraction of sp³-hybridized carbons (Fsp3) is 0.682. The molecule has 4 rings (SSSR count). The number of hydrogen-bond donors (Lipinski definition) is 0. The summed E-state index contributed by atoms with van der Waals surface area (Å²) < 4.78 is 0. The largest absolute Gasteiger partial charge is 0.338 e. The smallest absolute Gasteiger partial charge is 0.225 e. The highest BCUT2D eigenvalue weighted by atomic mass is 15.3. The zero-order valence-electron chi connectivity index (χ0n) is 17.3. The lowest BCUT2D eigenvalue weighted by Gasteiger charge is -2.43. The molecule has 1 aromatic heterocycles. The standard InChI is InChI=1S/C22H34N6/c1-23-10-3-2-4-11-26-12-8-19-18-24-22(25-21(19)9-13-26)28-16-14-27(15-17-28)20-6-5-7-20/h2-3,10,18,20H,4-9,11-17H2,1H3/b3-2-,23-10?. The third-order valence-corrected chi connectivity index (χ3v) is 6.48. The topological polar surface area (TPSA) is 47.9 Å². The van der Waals surface area contributed by atoms with Gasteiger partial charge in [0, 0.05) is 77.7 Å². The van der Waals surface area contributed by atoms with Gasteiger partial charge in [-0.15, -0.1) is 0 Å². The molecule has 6 heteroatoms. The fourth-order valence-corrected chi connectivity index (χ4v) is 4.43. The van der Waals surface area contributed by atoms with E-state index in [9.17, 15) is 0 Å². The van der Waals surface area contributed by atoms with Gasteiger partial charge < -0.3 is 9.80 Å². The molecule has 1 aromatic rings. The van der Waals surface area contributed by atoms with E-state index in [-0.39, 0.29) is 0 Å². The molecule has 2 fully saturated rings. The van der Waals surface area contributed by atoms with Crippen molar-refractivity contribution in [3.8, 4) is 0 Å². The van der Waals surface area contributed by atoms with Gasteiger partial charge >= 0.3 is 0 Å². The predicted molar refractivity (Wildman–Crippen MR) is 115 cm³/mol. The summed E-state index contributed by atoms with van der Waals surface area (Å²) >= 11 is 0. The molecule has 0 bridgehead atoms. The molecule has 1 saturated carbocycles. The van der Waals surface area contributed by atoms with E-state index in [1.807, 2.05) is 12.3 Å². The van der Waals surface area contributed by atoms with Crippen LogP contribution in [0.5, 0.6) is 0 Å². The highest BCUT2D eigenvalue weighted by Crippen LogP contribution is 2.26. The van der Waals surface area contributed by atoms with E-state index < -0.39 is 0 Å². The first-order valence-corrected chi connectivity index (χ1v) is 11.0. The number of aliphatic imine (C=N–C) groups is 1. The van der Waals surface area contributed by atoms with Gasteiger partial charge in [-0.3, -0.25) is 9.89 Å². The van der Waals surface area contributed by atoms with Crippen molar-refractivity contribution in [2.75, 3.05) is 57.8 Å². The summed E-state index contributed by atoms with van der Waals surface area (Å²) in [7, 11) is 1.81. The van der Waals surface area contributed by atoms with Crippen LogP contribution in [0.4, 0.5) is 5.95 Å². The molecular formula is C22H34N6. The molecule has 1 saturated heterocycles. The molecule has 2 aliphatic heterocycles. The molecule has 3 heterocycles.